The summed E-state index contributed by atoms with van der Waals surface area (Å²) in [5, 5.41) is 12.1. The number of anilines is 1. The number of amides is 1. The molecule has 0 aliphatic heterocycles. The van der Waals surface area contributed by atoms with Crippen molar-refractivity contribution in [2.75, 3.05) is 12.4 Å². The third kappa shape index (κ3) is 5.28. The van der Waals surface area contributed by atoms with E-state index in [1.807, 2.05) is 6.07 Å². The molecule has 10 heteroatoms. The number of rotatable bonds is 7. The number of thioether (sulfide) groups is 1. The van der Waals surface area contributed by atoms with Gasteiger partial charge in [-0.25, -0.2) is 4.98 Å². The first-order valence-electron chi connectivity index (χ1n) is 9.57. The Morgan fingerprint density at radius 1 is 1.31 bits per heavy atom. The van der Waals surface area contributed by atoms with Crippen LogP contribution in [0.5, 0.6) is 0 Å². The Labute approximate surface area is 193 Å². The van der Waals surface area contributed by atoms with Crippen molar-refractivity contribution in [3.05, 3.63) is 63.4 Å². The lowest BCUT2D eigenvalue weighted by atomic mass is 10.2. The van der Waals surface area contributed by atoms with E-state index in [1.54, 1.807) is 37.3 Å². The van der Waals surface area contributed by atoms with E-state index in [2.05, 4.69) is 15.0 Å². The van der Waals surface area contributed by atoms with Crippen molar-refractivity contribution in [1.82, 2.24) is 9.55 Å². The van der Waals surface area contributed by atoms with Gasteiger partial charge in [-0.3, -0.25) is 19.0 Å². The quantitative estimate of drug-likeness (QED) is 0.318. The highest BCUT2D eigenvalue weighted by atomic mass is 35.5. The van der Waals surface area contributed by atoms with Crippen LogP contribution in [-0.4, -0.2) is 33.8 Å². The van der Waals surface area contributed by atoms with Gasteiger partial charge in [0.05, 0.1) is 40.3 Å². The number of carbonyl (C=O) groups excluding carboxylic acids is 2. The lowest BCUT2D eigenvalue weighted by molar-refractivity contribution is -0.140. The predicted molar refractivity (Wildman–Crippen MR) is 123 cm³/mol. The minimum absolute atomic E-state index is 0.00565. The number of esters is 1. The van der Waals surface area contributed by atoms with E-state index >= 15 is 0 Å². The lowest BCUT2D eigenvalue weighted by Gasteiger charge is -2.16. The highest BCUT2D eigenvalue weighted by Crippen LogP contribution is 2.25. The van der Waals surface area contributed by atoms with Gasteiger partial charge in [-0.05, 0) is 37.3 Å². The van der Waals surface area contributed by atoms with Crippen LogP contribution in [0.1, 0.15) is 18.9 Å². The van der Waals surface area contributed by atoms with Gasteiger partial charge in [0, 0.05) is 12.2 Å². The fourth-order valence-corrected chi connectivity index (χ4v) is 4.04. The number of ether oxygens (including phenoxy) is 1. The van der Waals surface area contributed by atoms with Gasteiger partial charge in [0.25, 0.3) is 5.56 Å². The van der Waals surface area contributed by atoms with E-state index in [4.69, 9.17) is 16.9 Å². The van der Waals surface area contributed by atoms with Gasteiger partial charge in [-0.15, -0.1) is 0 Å². The Kier molecular flexibility index (Phi) is 7.51. The molecule has 1 heterocycles. The Morgan fingerprint density at radius 2 is 2.06 bits per heavy atom. The second-order valence-corrected chi connectivity index (χ2v) is 8.47. The Balaban J connectivity index is 1.86. The monoisotopic (exact) mass is 470 g/mol. The van der Waals surface area contributed by atoms with E-state index in [1.165, 1.54) is 23.8 Å². The Morgan fingerprint density at radius 3 is 2.75 bits per heavy atom. The molecule has 1 unspecified atom stereocenters. The van der Waals surface area contributed by atoms with Crippen LogP contribution in [0.25, 0.3) is 10.9 Å². The summed E-state index contributed by atoms with van der Waals surface area (Å²) in [7, 11) is 1.28. The number of nitrogens with one attached hydrogen (secondary N) is 1. The molecule has 0 fully saturated rings. The number of carbonyl (C=O) groups is 2. The maximum atomic E-state index is 13.0. The van der Waals surface area contributed by atoms with Gasteiger partial charge in [0.1, 0.15) is 6.07 Å². The van der Waals surface area contributed by atoms with Crippen molar-refractivity contribution in [2.24, 2.45) is 0 Å². The van der Waals surface area contributed by atoms with Crippen LogP contribution in [0.4, 0.5) is 5.69 Å². The van der Waals surface area contributed by atoms with Gasteiger partial charge >= 0.3 is 5.97 Å². The number of methoxy groups -OCH3 is 1. The van der Waals surface area contributed by atoms with E-state index in [0.29, 0.717) is 27.3 Å². The van der Waals surface area contributed by atoms with E-state index in [9.17, 15) is 14.4 Å². The minimum atomic E-state index is -0.623. The second-order valence-electron chi connectivity index (χ2n) is 6.75. The van der Waals surface area contributed by atoms with Crippen molar-refractivity contribution >= 4 is 51.8 Å². The number of nitrogens with zero attached hydrogens (tertiary/aromatic N) is 3. The van der Waals surface area contributed by atoms with E-state index in [0.717, 1.165) is 11.8 Å². The molecular formula is C22H19ClN4O4S. The molecule has 0 aliphatic rings. The third-order valence-corrected chi connectivity index (χ3v) is 6.01. The first-order chi connectivity index (χ1) is 15.3. The smallest absolute Gasteiger partial charge is 0.307 e. The molecule has 8 nitrogen and oxygen atoms in total. The molecule has 1 N–H and O–H groups in total. The summed E-state index contributed by atoms with van der Waals surface area (Å²) in [5.41, 5.74) is 0.956. The number of hydrogen-bond donors (Lipinski definition) is 1. The van der Waals surface area contributed by atoms with Crippen LogP contribution in [0, 0.1) is 11.3 Å². The molecule has 164 valence electrons. The second kappa shape index (κ2) is 10.3. The van der Waals surface area contributed by atoms with Gasteiger partial charge in [-0.1, -0.05) is 35.5 Å². The highest BCUT2D eigenvalue weighted by Gasteiger charge is 2.20. The largest absolute Gasteiger partial charge is 0.469 e. The number of nitriles is 1. The van der Waals surface area contributed by atoms with Crippen molar-refractivity contribution in [3.63, 3.8) is 0 Å². The Bertz CT molecular complexity index is 1290. The average Bonchev–Trinajstić information content (AvgIpc) is 2.78. The van der Waals surface area contributed by atoms with Gasteiger partial charge in [0.2, 0.25) is 5.91 Å². The molecule has 3 aromatic rings. The van der Waals surface area contributed by atoms with Crippen LogP contribution >= 0.6 is 23.4 Å². The number of hydrogen-bond acceptors (Lipinski definition) is 7. The predicted octanol–water partition coefficient (Wildman–Crippen LogP) is 3.60. The van der Waals surface area contributed by atoms with Crippen molar-refractivity contribution in [3.8, 4) is 6.07 Å². The molecule has 0 bridgehead atoms. The summed E-state index contributed by atoms with van der Waals surface area (Å²) in [6.45, 7) is 1.75. The molecule has 1 amide bonds. The molecule has 0 saturated carbocycles. The van der Waals surface area contributed by atoms with Gasteiger partial charge < -0.3 is 10.1 Å². The molecule has 0 radical (unpaired) electrons. The normalized spacial score (nSPS) is 11.6. The fourth-order valence-electron chi connectivity index (χ4n) is 2.88. The number of halogens is 1. The molecule has 0 spiro atoms. The van der Waals surface area contributed by atoms with Crippen LogP contribution in [0.3, 0.4) is 0 Å². The molecule has 1 aromatic heterocycles. The van der Waals surface area contributed by atoms with Crippen LogP contribution in [0.2, 0.25) is 5.02 Å². The molecule has 1 atom stereocenters. The topological polar surface area (TPSA) is 114 Å². The van der Waals surface area contributed by atoms with Crippen LogP contribution in [0.15, 0.2) is 52.4 Å². The number of fused-ring (bicyclic) bond motifs is 1. The summed E-state index contributed by atoms with van der Waals surface area (Å²) in [6, 6.07) is 13.4. The van der Waals surface area contributed by atoms with Crippen LogP contribution in [-0.2, 0) is 20.9 Å². The lowest BCUT2D eigenvalue weighted by Crippen LogP contribution is -2.27. The van der Waals surface area contributed by atoms with Crippen molar-refractivity contribution < 1.29 is 14.3 Å². The molecule has 32 heavy (non-hydrogen) atoms. The maximum Gasteiger partial charge on any atom is 0.307 e. The SMILES string of the molecule is COC(=O)CCn1c(SC(C)C(=O)Nc2ccc(C#N)c(Cl)c2)nc2ccccc2c1=O. The average molecular weight is 471 g/mol. The summed E-state index contributed by atoms with van der Waals surface area (Å²) < 4.78 is 6.06. The zero-order valence-corrected chi connectivity index (χ0v) is 18.9. The summed E-state index contributed by atoms with van der Waals surface area (Å²) in [6.07, 6.45) is -0.00565. The van der Waals surface area contributed by atoms with Crippen molar-refractivity contribution in [1.29, 1.82) is 5.26 Å². The molecular weight excluding hydrogens is 452 g/mol. The molecule has 0 aliphatic carbocycles. The zero-order chi connectivity index (χ0) is 23.3. The van der Waals surface area contributed by atoms with Gasteiger partial charge in [-0.2, -0.15) is 5.26 Å². The number of para-hydroxylation sites is 1. The first-order valence-corrected chi connectivity index (χ1v) is 10.8. The minimum Gasteiger partial charge on any atom is -0.469 e. The molecule has 2 aromatic carbocycles. The van der Waals surface area contributed by atoms with E-state index in [-0.39, 0.29) is 29.5 Å². The summed E-state index contributed by atoms with van der Waals surface area (Å²) >= 11 is 7.12. The number of aromatic nitrogens is 2. The Hall–Kier alpha value is -3.35. The zero-order valence-electron chi connectivity index (χ0n) is 17.3. The van der Waals surface area contributed by atoms with Crippen molar-refractivity contribution in [2.45, 2.75) is 30.3 Å². The van der Waals surface area contributed by atoms with Gasteiger partial charge in [0.15, 0.2) is 5.16 Å². The van der Waals surface area contributed by atoms with Crippen LogP contribution < -0.4 is 10.9 Å². The molecule has 0 saturated heterocycles. The highest BCUT2D eigenvalue weighted by molar-refractivity contribution is 8.00. The maximum absolute atomic E-state index is 13.0. The fraction of sp³-hybridized carbons (Fsp3) is 0.227. The number of benzene rings is 2. The van der Waals surface area contributed by atoms with E-state index < -0.39 is 11.2 Å². The first kappa shape index (κ1) is 23.3. The molecule has 3 rings (SSSR count). The third-order valence-electron chi connectivity index (χ3n) is 4.60. The standard InChI is InChI=1S/C22H19ClN4O4S/c1-13(20(29)25-15-8-7-14(12-24)17(23)11-15)32-22-26-18-6-4-3-5-16(18)21(30)27(22)10-9-19(28)31-2/h3-8,11,13H,9-10H2,1-2H3,(H,25,29). The summed E-state index contributed by atoms with van der Waals surface area (Å²) in [4.78, 5) is 41.9. The summed E-state index contributed by atoms with van der Waals surface area (Å²) in [5.74, 6) is -0.790.